The van der Waals surface area contributed by atoms with Crippen molar-refractivity contribution in [3.63, 3.8) is 0 Å². The van der Waals surface area contributed by atoms with Gasteiger partial charge in [-0.3, -0.25) is 9.80 Å². The zero-order valence-electron chi connectivity index (χ0n) is 12.9. The Kier molecular flexibility index (Phi) is 5.83. The molecule has 1 aromatic carbocycles. The molecule has 0 saturated carbocycles. The summed E-state index contributed by atoms with van der Waals surface area (Å²) in [6.07, 6.45) is 0. The SMILES string of the molecule is CC.CC.CN1Cc2cc3c(cc2C1)CN(C)C3. The fourth-order valence-electron chi connectivity index (χ4n) is 2.66. The summed E-state index contributed by atoms with van der Waals surface area (Å²) in [6, 6.07) is 4.83. The van der Waals surface area contributed by atoms with Crippen LogP contribution in [0.2, 0.25) is 0 Å². The number of fused-ring (bicyclic) bond motifs is 2. The van der Waals surface area contributed by atoms with Crippen LogP contribution in [-0.4, -0.2) is 23.9 Å². The van der Waals surface area contributed by atoms with Crippen molar-refractivity contribution in [3.8, 4) is 0 Å². The van der Waals surface area contributed by atoms with Crippen LogP contribution in [-0.2, 0) is 26.2 Å². The third-order valence-corrected chi connectivity index (χ3v) is 3.28. The highest BCUT2D eigenvalue weighted by atomic mass is 15.1. The van der Waals surface area contributed by atoms with E-state index >= 15 is 0 Å². The van der Waals surface area contributed by atoms with Crippen LogP contribution < -0.4 is 0 Å². The van der Waals surface area contributed by atoms with Crippen LogP contribution in [0.3, 0.4) is 0 Å². The number of rotatable bonds is 0. The summed E-state index contributed by atoms with van der Waals surface area (Å²) in [5.74, 6) is 0. The quantitative estimate of drug-likeness (QED) is 0.692. The van der Waals surface area contributed by atoms with Gasteiger partial charge in [0.15, 0.2) is 0 Å². The van der Waals surface area contributed by atoms with Gasteiger partial charge in [0, 0.05) is 26.2 Å². The molecule has 0 spiro atoms. The van der Waals surface area contributed by atoms with Crippen molar-refractivity contribution < 1.29 is 0 Å². The number of hydrogen-bond acceptors (Lipinski definition) is 2. The summed E-state index contributed by atoms with van der Waals surface area (Å²) in [5, 5.41) is 0. The minimum Gasteiger partial charge on any atom is -0.298 e. The summed E-state index contributed by atoms with van der Waals surface area (Å²) >= 11 is 0. The highest BCUT2D eigenvalue weighted by molar-refractivity contribution is 5.42. The first kappa shape index (κ1) is 15.2. The Morgan fingerprint density at radius 2 is 0.833 bits per heavy atom. The molecule has 2 aliphatic rings. The van der Waals surface area contributed by atoms with Crippen molar-refractivity contribution in [3.05, 3.63) is 34.4 Å². The van der Waals surface area contributed by atoms with Crippen molar-refractivity contribution in [2.24, 2.45) is 0 Å². The van der Waals surface area contributed by atoms with E-state index in [2.05, 4.69) is 36.0 Å². The topological polar surface area (TPSA) is 6.48 Å². The van der Waals surface area contributed by atoms with Gasteiger partial charge in [-0.1, -0.05) is 39.8 Å². The van der Waals surface area contributed by atoms with Crippen molar-refractivity contribution in [1.82, 2.24) is 9.80 Å². The smallest absolute Gasteiger partial charge is 0.0237 e. The highest BCUT2D eigenvalue weighted by Crippen LogP contribution is 2.29. The molecule has 2 heteroatoms. The Bertz CT molecular complexity index is 317. The summed E-state index contributed by atoms with van der Waals surface area (Å²) in [7, 11) is 4.38. The highest BCUT2D eigenvalue weighted by Gasteiger charge is 2.22. The molecule has 0 fully saturated rings. The van der Waals surface area contributed by atoms with Gasteiger partial charge in [-0.05, 0) is 36.3 Å². The fraction of sp³-hybridized carbons (Fsp3) is 0.625. The van der Waals surface area contributed by atoms with Crippen molar-refractivity contribution in [2.45, 2.75) is 53.9 Å². The molecule has 0 unspecified atom stereocenters. The number of nitrogens with zero attached hydrogens (tertiary/aromatic N) is 2. The molecule has 0 amide bonds. The lowest BCUT2D eigenvalue weighted by atomic mass is 10.0. The minimum atomic E-state index is 1.13. The molecular formula is C16H28N2. The van der Waals surface area contributed by atoms with Crippen LogP contribution >= 0.6 is 0 Å². The maximum atomic E-state index is 2.41. The zero-order chi connectivity index (χ0) is 13.7. The van der Waals surface area contributed by atoms with E-state index in [-0.39, 0.29) is 0 Å². The second-order valence-corrected chi connectivity index (χ2v) is 4.73. The molecule has 0 bridgehead atoms. The summed E-state index contributed by atoms with van der Waals surface area (Å²) in [4.78, 5) is 4.76. The zero-order valence-corrected chi connectivity index (χ0v) is 12.9. The number of benzene rings is 1. The molecule has 0 saturated heterocycles. The predicted molar refractivity (Wildman–Crippen MR) is 79.5 cm³/mol. The first-order valence-electron chi connectivity index (χ1n) is 7.23. The third-order valence-electron chi connectivity index (χ3n) is 3.28. The maximum Gasteiger partial charge on any atom is 0.0237 e. The van der Waals surface area contributed by atoms with E-state index in [1.165, 1.54) is 0 Å². The molecule has 0 N–H and O–H groups in total. The van der Waals surface area contributed by atoms with E-state index in [0.717, 1.165) is 26.2 Å². The van der Waals surface area contributed by atoms with Crippen LogP contribution in [0.15, 0.2) is 12.1 Å². The minimum absolute atomic E-state index is 1.13. The van der Waals surface area contributed by atoms with Gasteiger partial charge in [0.05, 0.1) is 0 Å². The molecule has 3 rings (SSSR count). The lowest BCUT2D eigenvalue weighted by Crippen LogP contribution is -2.08. The monoisotopic (exact) mass is 248 g/mol. The van der Waals surface area contributed by atoms with Gasteiger partial charge in [0.25, 0.3) is 0 Å². The van der Waals surface area contributed by atoms with Crippen LogP contribution in [0.25, 0.3) is 0 Å². The Morgan fingerprint density at radius 3 is 1.06 bits per heavy atom. The molecule has 0 radical (unpaired) electrons. The second-order valence-electron chi connectivity index (χ2n) is 4.73. The van der Waals surface area contributed by atoms with Crippen LogP contribution in [0.5, 0.6) is 0 Å². The molecule has 2 nitrogen and oxygen atoms in total. The fourth-order valence-corrected chi connectivity index (χ4v) is 2.66. The molecule has 1 aromatic rings. The van der Waals surface area contributed by atoms with E-state index in [1.807, 2.05) is 27.7 Å². The molecule has 2 heterocycles. The normalized spacial score (nSPS) is 17.2. The Balaban J connectivity index is 0.000000371. The van der Waals surface area contributed by atoms with Gasteiger partial charge >= 0.3 is 0 Å². The molecule has 0 aromatic heterocycles. The molecule has 2 aliphatic heterocycles. The predicted octanol–water partition coefficient (Wildman–Crippen LogP) is 3.63. The van der Waals surface area contributed by atoms with Crippen molar-refractivity contribution >= 4 is 0 Å². The Hall–Kier alpha value is -0.860. The standard InChI is InChI=1S/C12H16N2.2C2H6/c1-13-5-9-3-11-7-14(2)8-12(11)4-10(9)6-13;2*1-2/h3-4H,5-8H2,1-2H3;2*1-2H3. The second kappa shape index (κ2) is 6.91. The summed E-state index contributed by atoms with van der Waals surface area (Å²) < 4.78 is 0. The average molecular weight is 248 g/mol. The summed E-state index contributed by atoms with van der Waals surface area (Å²) in [5.41, 5.74) is 6.17. The average Bonchev–Trinajstić information content (AvgIpc) is 2.90. The molecule has 0 atom stereocenters. The van der Waals surface area contributed by atoms with Crippen LogP contribution in [0, 0.1) is 0 Å². The van der Waals surface area contributed by atoms with Gasteiger partial charge in [-0.25, -0.2) is 0 Å². The van der Waals surface area contributed by atoms with Crippen LogP contribution in [0.4, 0.5) is 0 Å². The van der Waals surface area contributed by atoms with Crippen molar-refractivity contribution in [2.75, 3.05) is 14.1 Å². The van der Waals surface area contributed by atoms with Crippen molar-refractivity contribution in [1.29, 1.82) is 0 Å². The Morgan fingerprint density at radius 1 is 0.611 bits per heavy atom. The molecular weight excluding hydrogens is 220 g/mol. The number of hydrogen-bond donors (Lipinski definition) is 0. The van der Waals surface area contributed by atoms with E-state index in [0.29, 0.717) is 0 Å². The van der Waals surface area contributed by atoms with Gasteiger partial charge in [-0.2, -0.15) is 0 Å². The van der Waals surface area contributed by atoms with Gasteiger partial charge < -0.3 is 0 Å². The lowest BCUT2D eigenvalue weighted by molar-refractivity contribution is 0.348. The van der Waals surface area contributed by atoms with Gasteiger partial charge in [0.1, 0.15) is 0 Å². The largest absolute Gasteiger partial charge is 0.298 e. The first-order valence-corrected chi connectivity index (χ1v) is 7.23. The van der Waals surface area contributed by atoms with E-state index in [1.54, 1.807) is 22.3 Å². The van der Waals surface area contributed by atoms with Gasteiger partial charge in [-0.15, -0.1) is 0 Å². The van der Waals surface area contributed by atoms with E-state index < -0.39 is 0 Å². The Labute approximate surface area is 113 Å². The van der Waals surface area contributed by atoms with E-state index in [4.69, 9.17) is 0 Å². The maximum absolute atomic E-state index is 2.41. The molecule has 102 valence electrons. The first-order chi connectivity index (χ1) is 8.72. The van der Waals surface area contributed by atoms with E-state index in [9.17, 15) is 0 Å². The van der Waals surface area contributed by atoms with Gasteiger partial charge in [0.2, 0.25) is 0 Å². The third kappa shape index (κ3) is 3.12. The lowest BCUT2D eigenvalue weighted by Gasteiger charge is -2.04. The van der Waals surface area contributed by atoms with Crippen LogP contribution in [0.1, 0.15) is 49.9 Å². The molecule has 18 heavy (non-hydrogen) atoms. The molecule has 0 aliphatic carbocycles. The summed E-state index contributed by atoms with van der Waals surface area (Å²) in [6.45, 7) is 12.5.